The standard InChI is InChI=1S/C16H20N2S/c1-2-3-12-4-6-13(7-5-12)15-11-19-16(18-15)10-17-14-8-9-14/h4-7,11,14,17H,2-3,8-10H2,1H3. The minimum atomic E-state index is 0.751. The summed E-state index contributed by atoms with van der Waals surface area (Å²) in [6.45, 7) is 3.14. The maximum absolute atomic E-state index is 4.71. The average Bonchev–Trinajstić information content (AvgIpc) is 3.15. The highest BCUT2D eigenvalue weighted by molar-refractivity contribution is 7.09. The predicted molar refractivity (Wildman–Crippen MR) is 81.4 cm³/mol. The quantitative estimate of drug-likeness (QED) is 0.859. The van der Waals surface area contributed by atoms with Crippen LogP contribution in [0.1, 0.15) is 36.8 Å². The van der Waals surface area contributed by atoms with Gasteiger partial charge in [0.25, 0.3) is 0 Å². The first-order chi connectivity index (χ1) is 9.35. The normalized spacial score (nSPS) is 14.8. The first-order valence-electron chi connectivity index (χ1n) is 7.12. The molecular formula is C16H20N2S. The zero-order valence-electron chi connectivity index (χ0n) is 11.4. The first-order valence-corrected chi connectivity index (χ1v) is 8.00. The van der Waals surface area contributed by atoms with Gasteiger partial charge in [-0.05, 0) is 24.8 Å². The van der Waals surface area contributed by atoms with Gasteiger partial charge in [-0.2, -0.15) is 0 Å². The molecule has 0 aliphatic heterocycles. The number of hydrogen-bond donors (Lipinski definition) is 1. The second kappa shape index (κ2) is 5.85. The molecule has 0 spiro atoms. The lowest BCUT2D eigenvalue weighted by molar-refractivity contribution is 0.685. The lowest BCUT2D eigenvalue weighted by atomic mass is 10.1. The topological polar surface area (TPSA) is 24.9 Å². The SMILES string of the molecule is CCCc1ccc(-c2csc(CNC3CC3)n2)cc1. The van der Waals surface area contributed by atoms with Gasteiger partial charge >= 0.3 is 0 Å². The summed E-state index contributed by atoms with van der Waals surface area (Å²) in [5.41, 5.74) is 3.76. The van der Waals surface area contributed by atoms with Crippen molar-refractivity contribution in [2.24, 2.45) is 0 Å². The van der Waals surface area contributed by atoms with Gasteiger partial charge in [0.15, 0.2) is 0 Å². The van der Waals surface area contributed by atoms with Crippen LogP contribution in [0.2, 0.25) is 0 Å². The molecule has 3 rings (SSSR count). The van der Waals surface area contributed by atoms with Crippen LogP contribution >= 0.6 is 11.3 Å². The monoisotopic (exact) mass is 272 g/mol. The Morgan fingerprint density at radius 1 is 1.26 bits per heavy atom. The van der Waals surface area contributed by atoms with Crippen molar-refractivity contribution in [1.82, 2.24) is 10.3 Å². The summed E-state index contributed by atoms with van der Waals surface area (Å²) in [5, 5.41) is 6.87. The van der Waals surface area contributed by atoms with Gasteiger partial charge in [0.1, 0.15) is 5.01 Å². The van der Waals surface area contributed by atoms with Crippen LogP contribution in [0.3, 0.4) is 0 Å². The summed E-state index contributed by atoms with van der Waals surface area (Å²) >= 11 is 1.75. The zero-order valence-corrected chi connectivity index (χ0v) is 12.2. The molecule has 2 aromatic rings. The van der Waals surface area contributed by atoms with E-state index in [4.69, 9.17) is 4.98 Å². The van der Waals surface area contributed by atoms with Crippen LogP contribution in [-0.2, 0) is 13.0 Å². The predicted octanol–water partition coefficient (Wildman–Crippen LogP) is 4.01. The summed E-state index contributed by atoms with van der Waals surface area (Å²) < 4.78 is 0. The van der Waals surface area contributed by atoms with Gasteiger partial charge in [0, 0.05) is 23.5 Å². The summed E-state index contributed by atoms with van der Waals surface area (Å²) in [6, 6.07) is 9.58. The molecule has 19 heavy (non-hydrogen) atoms. The molecule has 1 aromatic heterocycles. The van der Waals surface area contributed by atoms with Crippen LogP contribution in [-0.4, -0.2) is 11.0 Å². The molecule has 0 atom stereocenters. The molecule has 0 amide bonds. The van der Waals surface area contributed by atoms with Gasteiger partial charge in [-0.15, -0.1) is 11.3 Å². The van der Waals surface area contributed by atoms with E-state index >= 15 is 0 Å². The summed E-state index contributed by atoms with van der Waals surface area (Å²) in [6.07, 6.45) is 5.02. The second-order valence-electron chi connectivity index (χ2n) is 5.23. The van der Waals surface area contributed by atoms with Gasteiger partial charge in [-0.25, -0.2) is 4.98 Å². The van der Waals surface area contributed by atoms with Crippen molar-refractivity contribution < 1.29 is 0 Å². The molecule has 3 heteroatoms. The van der Waals surface area contributed by atoms with Crippen molar-refractivity contribution in [1.29, 1.82) is 0 Å². The molecular weight excluding hydrogens is 252 g/mol. The van der Waals surface area contributed by atoms with Crippen LogP contribution in [0.15, 0.2) is 29.6 Å². The van der Waals surface area contributed by atoms with E-state index in [1.165, 1.54) is 35.4 Å². The van der Waals surface area contributed by atoms with Crippen LogP contribution < -0.4 is 5.32 Å². The Morgan fingerprint density at radius 2 is 2.05 bits per heavy atom. The average molecular weight is 272 g/mol. The third kappa shape index (κ3) is 3.43. The van der Waals surface area contributed by atoms with E-state index in [0.717, 1.165) is 24.7 Å². The Kier molecular flexibility index (Phi) is 3.95. The lowest BCUT2D eigenvalue weighted by Crippen LogP contribution is -2.14. The molecule has 1 aromatic carbocycles. The van der Waals surface area contributed by atoms with Crippen molar-refractivity contribution in [2.75, 3.05) is 0 Å². The van der Waals surface area contributed by atoms with Gasteiger partial charge in [0.05, 0.1) is 5.69 Å². The van der Waals surface area contributed by atoms with E-state index in [0.29, 0.717) is 0 Å². The van der Waals surface area contributed by atoms with Crippen molar-refractivity contribution in [3.8, 4) is 11.3 Å². The minimum Gasteiger partial charge on any atom is -0.308 e. The summed E-state index contributed by atoms with van der Waals surface area (Å²) in [7, 11) is 0. The Morgan fingerprint density at radius 3 is 2.74 bits per heavy atom. The van der Waals surface area contributed by atoms with Gasteiger partial charge < -0.3 is 5.32 Å². The summed E-state index contributed by atoms with van der Waals surface area (Å²) in [5.74, 6) is 0. The molecule has 0 radical (unpaired) electrons. The Hall–Kier alpha value is -1.19. The van der Waals surface area contributed by atoms with Crippen molar-refractivity contribution in [3.05, 3.63) is 40.2 Å². The Labute approximate surface area is 118 Å². The fourth-order valence-electron chi connectivity index (χ4n) is 2.17. The van der Waals surface area contributed by atoms with Crippen molar-refractivity contribution in [2.45, 2.75) is 45.2 Å². The fourth-order valence-corrected chi connectivity index (χ4v) is 2.93. The Balaban J connectivity index is 1.66. The van der Waals surface area contributed by atoms with Gasteiger partial charge in [-0.1, -0.05) is 37.6 Å². The molecule has 1 aliphatic rings. The number of nitrogens with one attached hydrogen (secondary N) is 1. The fraction of sp³-hybridized carbons (Fsp3) is 0.438. The van der Waals surface area contributed by atoms with Gasteiger partial charge in [-0.3, -0.25) is 0 Å². The van der Waals surface area contributed by atoms with Crippen LogP contribution in [0, 0.1) is 0 Å². The van der Waals surface area contributed by atoms with E-state index < -0.39 is 0 Å². The molecule has 0 bridgehead atoms. The lowest BCUT2D eigenvalue weighted by Gasteiger charge is -2.01. The van der Waals surface area contributed by atoms with E-state index in [-0.39, 0.29) is 0 Å². The third-order valence-corrected chi connectivity index (χ3v) is 4.31. The van der Waals surface area contributed by atoms with Crippen LogP contribution in [0.25, 0.3) is 11.3 Å². The number of rotatable bonds is 6. The Bertz CT molecular complexity index is 526. The molecule has 0 saturated heterocycles. The molecule has 1 aliphatic carbocycles. The molecule has 0 unspecified atom stereocenters. The number of aryl methyl sites for hydroxylation is 1. The smallest absolute Gasteiger partial charge is 0.107 e. The molecule has 1 fully saturated rings. The van der Waals surface area contributed by atoms with E-state index in [1.807, 2.05) is 0 Å². The van der Waals surface area contributed by atoms with Crippen LogP contribution in [0.4, 0.5) is 0 Å². The van der Waals surface area contributed by atoms with E-state index in [2.05, 4.69) is 41.9 Å². The number of thiazole rings is 1. The molecule has 2 nitrogen and oxygen atoms in total. The highest BCUT2D eigenvalue weighted by Gasteiger charge is 2.20. The molecule has 1 N–H and O–H groups in total. The number of benzene rings is 1. The molecule has 1 heterocycles. The summed E-state index contributed by atoms with van der Waals surface area (Å²) in [4.78, 5) is 4.71. The maximum Gasteiger partial charge on any atom is 0.107 e. The minimum absolute atomic E-state index is 0.751. The third-order valence-electron chi connectivity index (χ3n) is 3.46. The van der Waals surface area contributed by atoms with Crippen molar-refractivity contribution >= 4 is 11.3 Å². The highest BCUT2D eigenvalue weighted by atomic mass is 32.1. The number of aromatic nitrogens is 1. The van der Waals surface area contributed by atoms with E-state index in [1.54, 1.807) is 11.3 Å². The maximum atomic E-state index is 4.71. The van der Waals surface area contributed by atoms with Crippen molar-refractivity contribution in [3.63, 3.8) is 0 Å². The van der Waals surface area contributed by atoms with E-state index in [9.17, 15) is 0 Å². The zero-order chi connectivity index (χ0) is 13.1. The highest BCUT2D eigenvalue weighted by Crippen LogP contribution is 2.24. The number of hydrogen-bond acceptors (Lipinski definition) is 3. The first kappa shape index (κ1) is 12.8. The second-order valence-corrected chi connectivity index (χ2v) is 6.17. The number of nitrogens with zero attached hydrogens (tertiary/aromatic N) is 1. The molecule has 100 valence electrons. The van der Waals surface area contributed by atoms with Gasteiger partial charge in [0.2, 0.25) is 0 Å². The molecule has 1 saturated carbocycles. The van der Waals surface area contributed by atoms with Crippen LogP contribution in [0.5, 0.6) is 0 Å². The largest absolute Gasteiger partial charge is 0.308 e.